The van der Waals surface area contributed by atoms with Crippen LogP contribution in [0.2, 0.25) is 0 Å². The quantitative estimate of drug-likeness (QED) is 0.859. The van der Waals surface area contributed by atoms with Crippen LogP contribution in [-0.2, 0) is 10.3 Å². The number of carbonyl (C=O) groups excluding carboxylic acids is 1. The zero-order chi connectivity index (χ0) is 13.9. The van der Waals surface area contributed by atoms with Gasteiger partial charge in [-0.15, -0.1) is 0 Å². The van der Waals surface area contributed by atoms with Gasteiger partial charge < -0.3 is 11.1 Å². The van der Waals surface area contributed by atoms with Crippen LogP contribution in [0.25, 0.3) is 0 Å². The van der Waals surface area contributed by atoms with Crippen molar-refractivity contribution in [2.45, 2.75) is 46.2 Å². The molecule has 18 heavy (non-hydrogen) atoms. The van der Waals surface area contributed by atoms with Gasteiger partial charge in [0.05, 0.1) is 5.54 Å². The lowest BCUT2D eigenvalue weighted by molar-refractivity contribution is -0.126. The van der Waals surface area contributed by atoms with Gasteiger partial charge in [-0.3, -0.25) is 4.79 Å². The molecule has 1 rings (SSSR count). The summed E-state index contributed by atoms with van der Waals surface area (Å²) in [5, 5.41) is 3.06. The topological polar surface area (TPSA) is 55.1 Å². The van der Waals surface area contributed by atoms with E-state index in [4.69, 9.17) is 5.73 Å². The average molecular weight is 248 g/mol. The second-order valence-corrected chi connectivity index (χ2v) is 5.63. The van der Waals surface area contributed by atoms with Crippen LogP contribution in [0.4, 0.5) is 0 Å². The lowest BCUT2D eigenvalue weighted by Gasteiger charge is -2.29. The summed E-state index contributed by atoms with van der Waals surface area (Å²) in [5.74, 6) is -0.189. The normalized spacial score (nSPS) is 15.0. The Morgan fingerprint density at radius 2 is 1.94 bits per heavy atom. The Balaban J connectivity index is 2.85. The Morgan fingerprint density at radius 1 is 1.33 bits per heavy atom. The number of benzene rings is 1. The first-order chi connectivity index (χ1) is 8.24. The first kappa shape index (κ1) is 14.7. The van der Waals surface area contributed by atoms with Crippen molar-refractivity contribution in [3.8, 4) is 0 Å². The van der Waals surface area contributed by atoms with E-state index in [2.05, 4.69) is 11.4 Å². The highest BCUT2D eigenvalue weighted by atomic mass is 16.2. The van der Waals surface area contributed by atoms with Crippen LogP contribution in [0.5, 0.6) is 0 Å². The second kappa shape index (κ2) is 5.53. The Hall–Kier alpha value is -1.35. The van der Waals surface area contributed by atoms with E-state index < -0.39 is 0 Å². The van der Waals surface area contributed by atoms with Gasteiger partial charge in [-0.1, -0.05) is 36.8 Å². The number of hydrogen-bond donors (Lipinski definition) is 2. The zero-order valence-corrected chi connectivity index (χ0v) is 11.9. The summed E-state index contributed by atoms with van der Waals surface area (Å²) in [6, 6.07) is 8.04. The van der Waals surface area contributed by atoms with Crippen molar-refractivity contribution in [1.82, 2.24) is 5.32 Å². The van der Waals surface area contributed by atoms with Gasteiger partial charge in [-0.05, 0) is 33.3 Å². The molecular weight excluding hydrogens is 224 g/mol. The summed E-state index contributed by atoms with van der Waals surface area (Å²) >= 11 is 0. The van der Waals surface area contributed by atoms with E-state index >= 15 is 0 Å². The number of rotatable bonds is 4. The maximum Gasteiger partial charge on any atom is 0.225 e. The van der Waals surface area contributed by atoms with Crippen molar-refractivity contribution < 1.29 is 4.79 Å². The third kappa shape index (κ3) is 3.57. The van der Waals surface area contributed by atoms with Gasteiger partial charge in [0.1, 0.15) is 0 Å². The van der Waals surface area contributed by atoms with Gasteiger partial charge in [0, 0.05) is 12.0 Å². The molecule has 0 aliphatic carbocycles. The van der Waals surface area contributed by atoms with Crippen molar-refractivity contribution in [1.29, 1.82) is 0 Å². The number of amides is 1. The largest absolute Gasteiger partial charge is 0.347 e. The van der Waals surface area contributed by atoms with E-state index in [1.165, 1.54) is 5.56 Å². The lowest BCUT2D eigenvalue weighted by Crippen LogP contribution is -2.47. The average Bonchev–Trinajstić information content (AvgIpc) is 2.27. The molecule has 0 saturated heterocycles. The van der Waals surface area contributed by atoms with Crippen molar-refractivity contribution in [3.63, 3.8) is 0 Å². The molecule has 3 N–H and O–H groups in total. The summed E-state index contributed by atoms with van der Waals surface area (Å²) < 4.78 is 0. The monoisotopic (exact) mass is 248 g/mol. The van der Waals surface area contributed by atoms with Crippen LogP contribution in [0.3, 0.4) is 0 Å². The minimum atomic E-state index is -0.383. The predicted octanol–water partition coefficient (Wildman–Crippen LogP) is 2.33. The molecule has 0 aliphatic rings. The molecule has 1 aromatic rings. The third-order valence-corrected chi connectivity index (χ3v) is 3.38. The molecule has 2 unspecified atom stereocenters. The van der Waals surface area contributed by atoms with Crippen LogP contribution in [-0.4, -0.2) is 11.9 Å². The molecule has 3 heteroatoms. The molecule has 0 saturated carbocycles. The van der Waals surface area contributed by atoms with Gasteiger partial charge in [-0.25, -0.2) is 0 Å². The van der Waals surface area contributed by atoms with Crippen LogP contribution in [0, 0.1) is 12.8 Å². The van der Waals surface area contributed by atoms with Crippen molar-refractivity contribution in [3.05, 3.63) is 35.4 Å². The molecule has 0 aromatic heterocycles. The molecule has 1 amide bonds. The molecule has 3 nitrogen and oxygen atoms in total. The molecule has 1 aromatic carbocycles. The maximum absolute atomic E-state index is 12.1. The van der Waals surface area contributed by atoms with E-state index in [9.17, 15) is 4.79 Å². The van der Waals surface area contributed by atoms with Gasteiger partial charge in [0.25, 0.3) is 0 Å². The van der Waals surface area contributed by atoms with E-state index in [1.54, 1.807) is 0 Å². The van der Waals surface area contributed by atoms with Crippen LogP contribution in [0.15, 0.2) is 24.3 Å². The Labute approximate surface area is 110 Å². The fraction of sp³-hybridized carbons (Fsp3) is 0.533. The summed E-state index contributed by atoms with van der Waals surface area (Å²) in [4.78, 5) is 12.1. The Kier molecular flexibility index (Phi) is 4.52. The van der Waals surface area contributed by atoms with Crippen molar-refractivity contribution in [2.24, 2.45) is 11.7 Å². The standard InChI is InChI=1S/C15H24N2O/c1-10-7-6-8-13(9-10)15(4,5)17-14(18)11(2)12(3)16/h6-9,11-12H,16H2,1-5H3,(H,17,18). The maximum atomic E-state index is 12.1. The Bertz CT molecular complexity index is 424. The zero-order valence-electron chi connectivity index (χ0n) is 11.9. The smallest absolute Gasteiger partial charge is 0.225 e. The molecule has 2 atom stereocenters. The molecule has 0 bridgehead atoms. The number of aryl methyl sites for hydroxylation is 1. The summed E-state index contributed by atoms with van der Waals surface area (Å²) in [6.45, 7) is 9.77. The molecule has 0 fully saturated rings. The van der Waals surface area contributed by atoms with E-state index in [0.29, 0.717) is 0 Å². The summed E-state index contributed by atoms with van der Waals surface area (Å²) in [7, 11) is 0. The van der Waals surface area contributed by atoms with Gasteiger partial charge in [-0.2, -0.15) is 0 Å². The fourth-order valence-corrected chi connectivity index (χ4v) is 1.77. The SMILES string of the molecule is Cc1cccc(C(C)(C)NC(=O)C(C)C(C)N)c1. The molecular formula is C15H24N2O. The molecule has 0 aliphatic heterocycles. The van der Waals surface area contributed by atoms with E-state index in [1.807, 2.05) is 52.8 Å². The van der Waals surface area contributed by atoms with Crippen molar-refractivity contribution >= 4 is 5.91 Å². The summed E-state index contributed by atoms with van der Waals surface area (Å²) in [6.07, 6.45) is 0. The van der Waals surface area contributed by atoms with Crippen LogP contribution in [0.1, 0.15) is 38.8 Å². The van der Waals surface area contributed by atoms with Gasteiger partial charge in [0.15, 0.2) is 0 Å². The molecule has 0 radical (unpaired) electrons. The molecule has 100 valence electrons. The highest BCUT2D eigenvalue weighted by Gasteiger charge is 2.26. The second-order valence-electron chi connectivity index (χ2n) is 5.63. The Morgan fingerprint density at radius 3 is 2.44 bits per heavy atom. The first-order valence-electron chi connectivity index (χ1n) is 6.39. The lowest BCUT2D eigenvalue weighted by atomic mass is 9.91. The fourth-order valence-electron chi connectivity index (χ4n) is 1.77. The predicted molar refractivity (Wildman–Crippen MR) is 75.2 cm³/mol. The highest BCUT2D eigenvalue weighted by molar-refractivity contribution is 5.79. The van der Waals surface area contributed by atoms with E-state index in [0.717, 1.165) is 5.56 Å². The molecule has 0 spiro atoms. The van der Waals surface area contributed by atoms with Crippen LogP contribution < -0.4 is 11.1 Å². The minimum absolute atomic E-state index is 0.00324. The highest BCUT2D eigenvalue weighted by Crippen LogP contribution is 2.21. The minimum Gasteiger partial charge on any atom is -0.347 e. The van der Waals surface area contributed by atoms with Crippen molar-refractivity contribution in [2.75, 3.05) is 0 Å². The summed E-state index contributed by atoms with van der Waals surface area (Å²) in [5.41, 5.74) is 7.67. The van der Waals surface area contributed by atoms with E-state index in [-0.39, 0.29) is 23.4 Å². The van der Waals surface area contributed by atoms with Gasteiger partial charge >= 0.3 is 0 Å². The number of carbonyl (C=O) groups is 1. The van der Waals surface area contributed by atoms with Crippen LogP contribution >= 0.6 is 0 Å². The number of hydrogen-bond acceptors (Lipinski definition) is 2. The van der Waals surface area contributed by atoms with Gasteiger partial charge in [0.2, 0.25) is 5.91 Å². The molecule has 0 heterocycles. The first-order valence-corrected chi connectivity index (χ1v) is 6.39. The number of nitrogens with two attached hydrogens (primary N) is 1. The number of nitrogens with one attached hydrogen (secondary N) is 1. The third-order valence-electron chi connectivity index (χ3n) is 3.38.